The van der Waals surface area contributed by atoms with E-state index >= 15 is 0 Å². The predicted octanol–water partition coefficient (Wildman–Crippen LogP) is 3.75. The molecule has 0 N–H and O–H groups in total. The molecule has 3 aromatic rings. The highest BCUT2D eigenvalue weighted by molar-refractivity contribution is 5.98. The Bertz CT molecular complexity index is 1040. The molecule has 10 heteroatoms. The van der Waals surface area contributed by atoms with Gasteiger partial charge in [-0.25, -0.2) is 4.98 Å². The van der Waals surface area contributed by atoms with Crippen molar-refractivity contribution in [3.05, 3.63) is 66.1 Å². The molecular formula is C21H20F3N5O2. The Labute approximate surface area is 176 Å². The van der Waals surface area contributed by atoms with Crippen molar-refractivity contribution in [2.24, 2.45) is 0 Å². The molecule has 1 saturated heterocycles. The Morgan fingerprint density at radius 3 is 2.55 bits per heavy atom. The van der Waals surface area contributed by atoms with Crippen LogP contribution in [-0.4, -0.2) is 49.5 Å². The zero-order valence-corrected chi connectivity index (χ0v) is 16.7. The SMILES string of the molecule is CC1C(Oc2ccc(C(F)(F)F)cn2)CCCN1C(=O)c1ccccc1-n1nccn1. The van der Waals surface area contributed by atoms with Gasteiger partial charge in [-0.3, -0.25) is 4.79 Å². The van der Waals surface area contributed by atoms with Crippen molar-refractivity contribution in [3.8, 4) is 11.6 Å². The monoisotopic (exact) mass is 431 g/mol. The number of nitrogens with zero attached hydrogens (tertiary/aromatic N) is 5. The number of pyridine rings is 1. The number of alkyl halides is 3. The summed E-state index contributed by atoms with van der Waals surface area (Å²) in [5, 5.41) is 8.22. The van der Waals surface area contributed by atoms with Crippen LogP contribution in [-0.2, 0) is 6.18 Å². The van der Waals surface area contributed by atoms with Crippen molar-refractivity contribution in [1.29, 1.82) is 0 Å². The van der Waals surface area contributed by atoms with Gasteiger partial charge in [-0.2, -0.15) is 28.2 Å². The van der Waals surface area contributed by atoms with Gasteiger partial charge in [-0.1, -0.05) is 12.1 Å². The second-order valence-corrected chi connectivity index (χ2v) is 7.26. The van der Waals surface area contributed by atoms with Crippen LogP contribution in [0, 0.1) is 0 Å². The third-order valence-electron chi connectivity index (χ3n) is 5.28. The third-order valence-corrected chi connectivity index (χ3v) is 5.28. The first-order valence-corrected chi connectivity index (χ1v) is 9.81. The van der Waals surface area contributed by atoms with Crippen LogP contribution >= 0.6 is 0 Å². The summed E-state index contributed by atoms with van der Waals surface area (Å²) >= 11 is 0. The first-order valence-electron chi connectivity index (χ1n) is 9.81. The van der Waals surface area contributed by atoms with Gasteiger partial charge in [0.15, 0.2) is 0 Å². The number of hydrogen-bond donors (Lipinski definition) is 0. The molecule has 0 aliphatic carbocycles. The van der Waals surface area contributed by atoms with Gasteiger partial charge in [-0.05, 0) is 38.0 Å². The Kier molecular flexibility index (Phi) is 5.62. The van der Waals surface area contributed by atoms with Crippen molar-refractivity contribution in [3.63, 3.8) is 0 Å². The Hall–Kier alpha value is -3.43. The van der Waals surface area contributed by atoms with Gasteiger partial charge < -0.3 is 9.64 Å². The standard InChI is InChI=1S/C21H20F3N5O2/c1-14-18(31-19-9-8-15(13-25-19)21(22,23)24)7-4-12-28(14)20(30)16-5-2-3-6-17(16)29-26-10-11-27-29/h2-3,5-6,8-11,13-14,18H,4,7,12H2,1H3. The fraction of sp³-hybridized carbons (Fsp3) is 0.333. The minimum atomic E-state index is -4.45. The molecule has 3 heterocycles. The molecule has 31 heavy (non-hydrogen) atoms. The summed E-state index contributed by atoms with van der Waals surface area (Å²) in [7, 11) is 0. The first kappa shape index (κ1) is 20.8. The number of piperidine rings is 1. The minimum absolute atomic E-state index is 0.0975. The normalized spacial score (nSPS) is 19.3. The van der Waals surface area contributed by atoms with Crippen LogP contribution in [0.5, 0.6) is 5.88 Å². The predicted molar refractivity (Wildman–Crippen MR) is 105 cm³/mol. The molecule has 0 radical (unpaired) electrons. The highest BCUT2D eigenvalue weighted by atomic mass is 19.4. The smallest absolute Gasteiger partial charge is 0.417 e. The maximum absolute atomic E-state index is 13.3. The van der Waals surface area contributed by atoms with Gasteiger partial charge in [0.2, 0.25) is 5.88 Å². The quantitative estimate of drug-likeness (QED) is 0.629. The van der Waals surface area contributed by atoms with E-state index in [4.69, 9.17) is 4.74 Å². The maximum atomic E-state index is 13.3. The van der Waals surface area contributed by atoms with Gasteiger partial charge in [0.1, 0.15) is 6.10 Å². The lowest BCUT2D eigenvalue weighted by Crippen LogP contribution is -2.51. The molecule has 2 aromatic heterocycles. The fourth-order valence-corrected chi connectivity index (χ4v) is 3.65. The van der Waals surface area contributed by atoms with Gasteiger partial charge in [0.25, 0.3) is 5.91 Å². The van der Waals surface area contributed by atoms with E-state index in [1.165, 1.54) is 23.3 Å². The number of hydrogen-bond acceptors (Lipinski definition) is 5. The van der Waals surface area contributed by atoms with Gasteiger partial charge in [-0.15, -0.1) is 0 Å². The van der Waals surface area contributed by atoms with Crippen LogP contribution in [0.1, 0.15) is 35.7 Å². The molecule has 1 fully saturated rings. The van der Waals surface area contributed by atoms with Crippen LogP contribution in [0.3, 0.4) is 0 Å². The summed E-state index contributed by atoms with van der Waals surface area (Å²) in [5.41, 5.74) is 0.188. The summed E-state index contributed by atoms with van der Waals surface area (Å²) in [5.74, 6) is -0.0885. The Morgan fingerprint density at radius 2 is 1.87 bits per heavy atom. The number of rotatable bonds is 4. The molecule has 1 amide bonds. The van der Waals surface area contributed by atoms with Crippen LogP contribution in [0.15, 0.2) is 55.0 Å². The Morgan fingerprint density at radius 1 is 1.13 bits per heavy atom. The molecule has 0 bridgehead atoms. The number of halogens is 3. The van der Waals surface area contributed by atoms with E-state index < -0.39 is 17.8 Å². The first-order chi connectivity index (χ1) is 14.8. The third kappa shape index (κ3) is 4.37. The maximum Gasteiger partial charge on any atom is 0.417 e. The molecule has 7 nitrogen and oxygen atoms in total. The van der Waals surface area contributed by atoms with Gasteiger partial charge >= 0.3 is 6.18 Å². The fourth-order valence-electron chi connectivity index (χ4n) is 3.65. The summed E-state index contributed by atoms with van der Waals surface area (Å²) in [4.78, 5) is 20.2. The Balaban J connectivity index is 1.52. The molecule has 0 spiro atoms. The van der Waals surface area contributed by atoms with Crippen LogP contribution in [0.4, 0.5) is 13.2 Å². The molecule has 2 atom stereocenters. The summed E-state index contributed by atoms with van der Waals surface area (Å²) in [6.45, 7) is 2.40. The molecule has 1 aliphatic heterocycles. The van der Waals surface area contributed by atoms with E-state index in [0.29, 0.717) is 30.6 Å². The lowest BCUT2D eigenvalue weighted by atomic mass is 9.98. The number of para-hydroxylation sites is 1. The largest absolute Gasteiger partial charge is 0.472 e. The van der Waals surface area contributed by atoms with Crippen LogP contribution < -0.4 is 4.74 Å². The molecule has 1 aliphatic rings. The molecule has 1 aromatic carbocycles. The molecule has 0 saturated carbocycles. The van der Waals surface area contributed by atoms with Crippen molar-refractivity contribution in [2.75, 3.05) is 6.54 Å². The van der Waals surface area contributed by atoms with E-state index in [1.54, 1.807) is 29.2 Å². The summed E-state index contributed by atoms with van der Waals surface area (Å²) < 4.78 is 44.1. The van der Waals surface area contributed by atoms with Crippen molar-refractivity contribution in [1.82, 2.24) is 24.9 Å². The number of carbonyl (C=O) groups is 1. The summed E-state index contributed by atoms with van der Waals surface area (Å²) in [6, 6.07) is 8.90. The minimum Gasteiger partial charge on any atom is -0.472 e. The van der Waals surface area contributed by atoms with Gasteiger partial charge in [0.05, 0.1) is 35.2 Å². The van der Waals surface area contributed by atoms with E-state index in [0.717, 1.165) is 12.3 Å². The second-order valence-electron chi connectivity index (χ2n) is 7.26. The van der Waals surface area contributed by atoms with E-state index in [2.05, 4.69) is 15.2 Å². The van der Waals surface area contributed by atoms with E-state index in [-0.39, 0.29) is 17.8 Å². The number of aromatic nitrogens is 4. The van der Waals surface area contributed by atoms with Crippen molar-refractivity contribution >= 4 is 5.91 Å². The van der Waals surface area contributed by atoms with Gasteiger partial charge in [0, 0.05) is 18.8 Å². The average Bonchev–Trinajstić information content (AvgIpc) is 3.29. The molecule has 2 unspecified atom stereocenters. The number of carbonyl (C=O) groups excluding carboxylic acids is 1. The molecular weight excluding hydrogens is 411 g/mol. The highest BCUT2D eigenvalue weighted by Gasteiger charge is 2.35. The second kappa shape index (κ2) is 8.37. The number of ether oxygens (including phenoxy) is 1. The molecule has 4 rings (SSSR count). The lowest BCUT2D eigenvalue weighted by Gasteiger charge is -2.39. The lowest BCUT2D eigenvalue weighted by molar-refractivity contribution is -0.137. The number of likely N-dealkylation sites (tertiary alicyclic amines) is 1. The average molecular weight is 431 g/mol. The van der Waals surface area contributed by atoms with Crippen molar-refractivity contribution in [2.45, 2.75) is 38.1 Å². The zero-order valence-electron chi connectivity index (χ0n) is 16.7. The van der Waals surface area contributed by atoms with E-state index in [1.807, 2.05) is 6.92 Å². The van der Waals surface area contributed by atoms with Crippen LogP contribution in [0.2, 0.25) is 0 Å². The number of amides is 1. The van der Waals surface area contributed by atoms with E-state index in [9.17, 15) is 18.0 Å². The number of benzene rings is 1. The van der Waals surface area contributed by atoms with Crippen LogP contribution in [0.25, 0.3) is 5.69 Å². The highest BCUT2D eigenvalue weighted by Crippen LogP contribution is 2.30. The topological polar surface area (TPSA) is 73.1 Å². The van der Waals surface area contributed by atoms with Crippen molar-refractivity contribution < 1.29 is 22.7 Å². The molecule has 162 valence electrons. The summed E-state index contributed by atoms with van der Waals surface area (Å²) in [6.07, 6.45) is 0.330. The zero-order chi connectivity index (χ0) is 22.0.